The van der Waals surface area contributed by atoms with E-state index in [4.69, 9.17) is 18.9 Å². The molecule has 1 aliphatic heterocycles. The second-order valence-corrected chi connectivity index (χ2v) is 6.69. The molecule has 2 aromatic carbocycles. The third kappa shape index (κ3) is 4.30. The van der Waals surface area contributed by atoms with Gasteiger partial charge in [0.2, 0.25) is 0 Å². The van der Waals surface area contributed by atoms with Crippen molar-refractivity contribution in [3.63, 3.8) is 0 Å². The van der Waals surface area contributed by atoms with Crippen LogP contribution in [0.4, 0.5) is 5.69 Å². The molecule has 0 fully saturated rings. The average Bonchev–Trinajstić information content (AvgIpc) is 2.84. The van der Waals surface area contributed by atoms with Gasteiger partial charge in [-0.1, -0.05) is 0 Å². The number of aromatic nitrogens is 1. The van der Waals surface area contributed by atoms with Crippen LogP contribution in [0.5, 0.6) is 28.7 Å². The molecule has 1 amide bonds. The zero-order valence-corrected chi connectivity index (χ0v) is 17.8. The molecular weight excluding hydrogens is 414 g/mol. The maximum Gasteiger partial charge on any atom is 0.274 e. The number of pyridine rings is 1. The number of carbonyl (C=O) groups excluding carboxylic acids is 1. The number of benzene rings is 2. The zero-order valence-electron chi connectivity index (χ0n) is 17.8. The van der Waals surface area contributed by atoms with Gasteiger partial charge in [0.1, 0.15) is 22.9 Å². The smallest absolute Gasteiger partial charge is 0.274 e. The highest BCUT2D eigenvalue weighted by Gasteiger charge is 2.16. The van der Waals surface area contributed by atoms with Crippen molar-refractivity contribution in [1.29, 1.82) is 0 Å². The maximum absolute atomic E-state index is 12.4. The van der Waals surface area contributed by atoms with Gasteiger partial charge in [-0.15, -0.1) is 0 Å². The van der Waals surface area contributed by atoms with E-state index in [0.29, 0.717) is 52.3 Å². The lowest BCUT2D eigenvalue weighted by Crippen LogP contribution is -2.45. The van der Waals surface area contributed by atoms with Crippen molar-refractivity contribution in [1.82, 2.24) is 21.2 Å². The van der Waals surface area contributed by atoms with Crippen molar-refractivity contribution >= 4 is 22.5 Å². The van der Waals surface area contributed by atoms with Gasteiger partial charge in [0.15, 0.2) is 11.5 Å². The van der Waals surface area contributed by atoms with Crippen molar-refractivity contribution in [2.75, 3.05) is 33.3 Å². The lowest BCUT2D eigenvalue weighted by atomic mass is 10.1. The first-order chi connectivity index (χ1) is 15.6. The first-order valence-electron chi connectivity index (χ1n) is 9.73. The minimum Gasteiger partial charge on any atom is -0.494 e. The van der Waals surface area contributed by atoms with Crippen molar-refractivity contribution < 1.29 is 23.7 Å². The normalized spacial score (nSPS) is 12.8. The molecule has 32 heavy (non-hydrogen) atoms. The number of carbonyl (C=O) groups is 1. The Balaban J connectivity index is 1.60. The first-order valence-corrected chi connectivity index (χ1v) is 9.73. The molecule has 1 aliphatic rings. The first kappa shape index (κ1) is 21.1. The minimum atomic E-state index is -0.321. The standard InChI is InChI=1S/C22H23N5O5/c1-29-19-8-13(4-5-15(19)26-22(28)17-11-23-12-25-27-17)32-18-6-7-24-16-10-21(31-3)20(30-2)9-14(16)18/h4-11,23,25,27H,12H2,1-3H3,(H,26,28). The molecule has 0 spiro atoms. The molecule has 0 atom stereocenters. The fraction of sp³-hybridized carbons (Fsp3) is 0.182. The monoisotopic (exact) mass is 437 g/mol. The second kappa shape index (κ2) is 9.31. The second-order valence-electron chi connectivity index (χ2n) is 6.69. The van der Waals surface area contributed by atoms with Gasteiger partial charge < -0.3 is 35.0 Å². The minimum absolute atomic E-state index is 0.321. The summed E-state index contributed by atoms with van der Waals surface area (Å²) < 4.78 is 22.3. The third-order valence-corrected chi connectivity index (χ3v) is 4.76. The summed E-state index contributed by atoms with van der Waals surface area (Å²) in [4.78, 5) is 16.8. The number of fused-ring (bicyclic) bond motifs is 1. The number of nitrogens with one attached hydrogen (secondary N) is 4. The molecule has 4 rings (SSSR count). The van der Waals surface area contributed by atoms with Crippen molar-refractivity contribution in [3.05, 3.63) is 54.5 Å². The Morgan fingerprint density at radius 2 is 1.75 bits per heavy atom. The molecule has 4 N–H and O–H groups in total. The molecule has 1 aromatic heterocycles. The van der Waals surface area contributed by atoms with Crippen LogP contribution in [0.3, 0.4) is 0 Å². The summed E-state index contributed by atoms with van der Waals surface area (Å²) in [6.07, 6.45) is 3.25. The molecule has 0 radical (unpaired) electrons. The van der Waals surface area contributed by atoms with E-state index < -0.39 is 0 Å². The largest absolute Gasteiger partial charge is 0.494 e. The van der Waals surface area contributed by atoms with E-state index in [0.717, 1.165) is 5.39 Å². The highest BCUT2D eigenvalue weighted by Crippen LogP contribution is 2.38. The Labute approximate surface area is 184 Å². The molecule has 2 heterocycles. The van der Waals surface area contributed by atoms with Crippen LogP contribution in [0, 0.1) is 0 Å². The molecule has 166 valence electrons. The quantitative estimate of drug-likeness (QED) is 0.442. The van der Waals surface area contributed by atoms with Gasteiger partial charge in [-0.3, -0.25) is 9.78 Å². The number of nitrogens with zero attached hydrogens (tertiary/aromatic N) is 1. The molecular formula is C22H23N5O5. The molecule has 0 saturated heterocycles. The van der Waals surface area contributed by atoms with Crippen LogP contribution in [-0.2, 0) is 4.79 Å². The lowest BCUT2D eigenvalue weighted by Gasteiger charge is -2.18. The molecule has 0 unspecified atom stereocenters. The van der Waals surface area contributed by atoms with Crippen LogP contribution in [0.15, 0.2) is 54.5 Å². The third-order valence-electron chi connectivity index (χ3n) is 4.76. The van der Waals surface area contributed by atoms with E-state index in [1.54, 1.807) is 56.9 Å². The fourth-order valence-corrected chi connectivity index (χ4v) is 3.19. The molecule has 10 nitrogen and oxygen atoms in total. The van der Waals surface area contributed by atoms with Crippen molar-refractivity contribution in [3.8, 4) is 28.7 Å². The Bertz CT molecular complexity index is 1180. The van der Waals surface area contributed by atoms with E-state index in [1.165, 1.54) is 7.11 Å². The number of rotatable bonds is 7. The highest BCUT2D eigenvalue weighted by molar-refractivity contribution is 6.04. The number of hydrazine groups is 1. The van der Waals surface area contributed by atoms with Crippen LogP contribution < -0.4 is 40.4 Å². The van der Waals surface area contributed by atoms with Gasteiger partial charge in [0, 0.05) is 29.9 Å². The Hall–Kier alpha value is -4.18. The summed E-state index contributed by atoms with van der Waals surface area (Å²) in [7, 11) is 4.67. The van der Waals surface area contributed by atoms with E-state index >= 15 is 0 Å². The van der Waals surface area contributed by atoms with E-state index in [9.17, 15) is 4.79 Å². The van der Waals surface area contributed by atoms with E-state index in [2.05, 4.69) is 26.5 Å². The highest BCUT2D eigenvalue weighted by atomic mass is 16.5. The number of ether oxygens (including phenoxy) is 4. The summed E-state index contributed by atoms with van der Waals surface area (Å²) in [6.45, 7) is 0.522. The van der Waals surface area contributed by atoms with E-state index in [1.807, 2.05) is 6.07 Å². The number of anilines is 1. The Morgan fingerprint density at radius 1 is 0.969 bits per heavy atom. The predicted molar refractivity (Wildman–Crippen MR) is 119 cm³/mol. The summed E-state index contributed by atoms with van der Waals surface area (Å²) in [6, 6.07) is 10.5. The van der Waals surface area contributed by atoms with Gasteiger partial charge in [0.25, 0.3) is 5.91 Å². The zero-order chi connectivity index (χ0) is 22.5. The van der Waals surface area contributed by atoms with Crippen molar-refractivity contribution in [2.24, 2.45) is 0 Å². The Kier molecular flexibility index (Phi) is 6.13. The number of hydrogen-bond acceptors (Lipinski definition) is 9. The maximum atomic E-state index is 12.4. The molecule has 10 heteroatoms. The Morgan fingerprint density at radius 3 is 2.47 bits per heavy atom. The van der Waals surface area contributed by atoms with Crippen LogP contribution in [0.2, 0.25) is 0 Å². The van der Waals surface area contributed by atoms with E-state index in [-0.39, 0.29) is 5.91 Å². The summed E-state index contributed by atoms with van der Waals surface area (Å²) in [5.41, 5.74) is 7.19. The van der Waals surface area contributed by atoms with Gasteiger partial charge in [0.05, 0.1) is 39.2 Å². The van der Waals surface area contributed by atoms with Crippen LogP contribution >= 0.6 is 0 Å². The molecule has 0 bridgehead atoms. The van der Waals surface area contributed by atoms with Gasteiger partial charge in [-0.25, -0.2) is 5.43 Å². The van der Waals surface area contributed by atoms with Gasteiger partial charge >= 0.3 is 0 Å². The number of methoxy groups -OCH3 is 3. The summed E-state index contributed by atoms with van der Waals surface area (Å²) in [5.74, 6) is 2.40. The van der Waals surface area contributed by atoms with Gasteiger partial charge in [-0.05, 0) is 24.3 Å². The van der Waals surface area contributed by atoms with Crippen LogP contribution in [0.25, 0.3) is 10.9 Å². The fourth-order valence-electron chi connectivity index (χ4n) is 3.19. The topological polar surface area (TPSA) is 115 Å². The number of amides is 1. The SMILES string of the molecule is COc1cc(Oc2ccnc3cc(OC)c(OC)cc23)ccc1NC(=O)C1=CNCNN1. The molecule has 0 aliphatic carbocycles. The number of hydrogen-bond donors (Lipinski definition) is 4. The average molecular weight is 437 g/mol. The molecule has 3 aromatic rings. The van der Waals surface area contributed by atoms with Crippen molar-refractivity contribution in [2.45, 2.75) is 0 Å². The van der Waals surface area contributed by atoms with Crippen LogP contribution in [0.1, 0.15) is 0 Å². The summed E-state index contributed by atoms with van der Waals surface area (Å²) >= 11 is 0. The predicted octanol–water partition coefficient (Wildman–Crippen LogP) is 2.49. The summed E-state index contributed by atoms with van der Waals surface area (Å²) in [5, 5.41) is 6.50. The van der Waals surface area contributed by atoms with Crippen LogP contribution in [-0.4, -0.2) is 38.9 Å². The molecule has 0 saturated carbocycles. The lowest BCUT2D eigenvalue weighted by molar-refractivity contribution is -0.113. The van der Waals surface area contributed by atoms with Gasteiger partial charge in [-0.2, -0.15) is 0 Å².